The van der Waals surface area contributed by atoms with Crippen molar-refractivity contribution in [3.8, 4) is 11.1 Å². The zero-order valence-corrected chi connectivity index (χ0v) is 8.79. The van der Waals surface area contributed by atoms with Crippen LogP contribution in [0.25, 0.3) is 11.1 Å². The van der Waals surface area contributed by atoms with Crippen molar-refractivity contribution in [3.05, 3.63) is 53.6 Å². The summed E-state index contributed by atoms with van der Waals surface area (Å²) in [5, 5.41) is 0. The lowest BCUT2D eigenvalue weighted by Gasteiger charge is -2.06. The molecule has 76 valence electrons. The molecule has 0 N–H and O–H groups in total. The van der Waals surface area contributed by atoms with Gasteiger partial charge in [-0.25, -0.2) is 4.98 Å². The second-order valence-corrected chi connectivity index (χ2v) is 3.65. The molecule has 2 heteroatoms. The second kappa shape index (κ2) is 3.81. The largest absolute Gasteiger partial charge is 0.227 e. The van der Waals surface area contributed by atoms with E-state index in [1.165, 1.54) is 5.56 Å². The van der Waals surface area contributed by atoms with Crippen molar-refractivity contribution >= 4 is 0 Å². The molecule has 0 bridgehead atoms. The topological polar surface area (TPSA) is 12.9 Å². The van der Waals surface area contributed by atoms with Gasteiger partial charge in [0.25, 0.3) is 0 Å². The summed E-state index contributed by atoms with van der Waals surface area (Å²) < 4.78 is 13.0. The van der Waals surface area contributed by atoms with Crippen LogP contribution in [0.1, 0.15) is 11.1 Å². The lowest BCUT2D eigenvalue weighted by Crippen LogP contribution is -1.90. The quantitative estimate of drug-likeness (QED) is 0.643. The molecule has 2 aromatic rings. The van der Waals surface area contributed by atoms with Gasteiger partial charge in [0, 0.05) is 17.3 Å². The summed E-state index contributed by atoms with van der Waals surface area (Å²) in [6.07, 6.45) is 1.57. The minimum absolute atomic E-state index is 0.396. The molecule has 0 radical (unpaired) electrons. The highest BCUT2D eigenvalue weighted by Gasteiger charge is 2.04. The van der Waals surface area contributed by atoms with E-state index in [1.54, 1.807) is 13.1 Å². The van der Waals surface area contributed by atoms with Crippen molar-refractivity contribution < 1.29 is 4.39 Å². The van der Waals surface area contributed by atoms with Crippen molar-refractivity contribution in [2.75, 3.05) is 0 Å². The molecule has 1 nitrogen and oxygen atoms in total. The van der Waals surface area contributed by atoms with E-state index >= 15 is 0 Å². The molecule has 0 atom stereocenters. The molecule has 0 aliphatic heterocycles. The van der Waals surface area contributed by atoms with E-state index in [2.05, 4.69) is 4.98 Å². The molecule has 15 heavy (non-hydrogen) atoms. The average Bonchev–Trinajstić information content (AvgIpc) is 2.23. The number of hydrogen-bond acceptors (Lipinski definition) is 1. The van der Waals surface area contributed by atoms with Crippen LogP contribution in [0.2, 0.25) is 0 Å². The van der Waals surface area contributed by atoms with Gasteiger partial charge in [0.15, 0.2) is 0 Å². The molecule has 0 fully saturated rings. The highest BCUT2D eigenvalue weighted by atomic mass is 19.1. The fourth-order valence-electron chi connectivity index (χ4n) is 1.60. The zero-order chi connectivity index (χ0) is 10.8. The van der Waals surface area contributed by atoms with Crippen LogP contribution in [0, 0.1) is 19.8 Å². The van der Waals surface area contributed by atoms with Gasteiger partial charge in [-0.05, 0) is 31.0 Å². The number of pyridine rings is 1. The first-order chi connectivity index (χ1) is 7.18. The third kappa shape index (κ3) is 1.89. The van der Waals surface area contributed by atoms with E-state index in [4.69, 9.17) is 0 Å². The molecule has 1 heterocycles. The Hall–Kier alpha value is -1.70. The highest BCUT2D eigenvalue weighted by molar-refractivity contribution is 5.66. The van der Waals surface area contributed by atoms with Crippen LogP contribution in [0.5, 0.6) is 0 Å². The third-order valence-electron chi connectivity index (χ3n) is 2.47. The highest BCUT2D eigenvalue weighted by Crippen LogP contribution is 2.23. The molecular formula is C13H12FN. The lowest BCUT2D eigenvalue weighted by molar-refractivity contribution is 0.575. The molecule has 0 amide bonds. The van der Waals surface area contributed by atoms with E-state index in [-0.39, 0.29) is 0 Å². The Morgan fingerprint density at radius 2 is 1.80 bits per heavy atom. The predicted octanol–water partition coefficient (Wildman–Crippen LogP) is 3.50. The zero-order valence-electron chi connectivity index (χ0n) is 8.79. The van der Waals surface area contributed by atoms with Gasteiger partial charge in [0.2, 0.25) is 5.95 Å². The van der Waals surface area contributed by atoms with Gasteiger partial charge in [0.05, 0.1) is 0 Å². The molecule has 2 rings (SSSR count). The minimum Gasteiger partial charge on any atom is -0.227 e. The standard InChI is InChI=1S/C13H12FN/c1-9-5-3-4-6-12(9)11-7-10(2)13(14)15-8-11/h3-8H,1-2H3. The first-order valence-electron chi connectivity index (χ1n) is 4.86. The van der Waals surface area contributed by atoms with E-state index in [1.807, 2.05) is 37.3 Å². The summed E-state index contributed by atoms with van der Waals surface area (Å²) in [5.74, 6) is -0.396. The number of benzene rings is 1. The predicted molar refractivity (Wildman–Crippen MR) is 59.1 cm³/mol. The van der Waals surface area contributed by atoms with Crippen LogP contribution in [0.4, 0.5) is 4.39 Å². The number of hydrogen-bond donors (Lipinski definition) is 0. The lowest BCUT2D eigenvalue weighted by atomic mass is 10.0. The molecule has 0 aliphatic carbocycles. The van der Waals surface area contributed by atoms with Gasteiger partial charge in [-0.1, -0.05) is 24.3 Å². The number of rotatable bonds is 1. The average molecular weight is 201 g/mol. The van der Waals surface area contributed by atoms with Crippen LogP contribution < -0.4 is 0 Å². The molecule has 1 aromatic carbocycles. The van der Waals surface area contributed by atoms with Crippen LogP contribution >= 0.6 is 0 Å². The fourth-order valence-corrected chi connectivity index (χ4v) is 1.60. The SMILES string of the molecule is Cc1ccccc1-c1cnc(F)c(C)c1. The van der Waals surface area contributed by atoms with E-state index < -0.39 is 5.95 Å². The molecule has 0 saturated heterocycles. The van der Waals surface area contributed by atoms with Gasteiger partial charge in [-0.2, -0.15) is 4.39 Å². The van der Waals surface area contributed by atoms with Gasteiger partial charge < -0.3 is 0 Å². The van der Waals surface area contributed by atoms with Gasteiger partial charge >= 0.3 is 0 Å². The molecule has 1 aromatic heterocycles. The summed E-state index contributed by atoms with van der Waals surface area (Å²) in [6, 6.07) is 9.84. The third-order valence-corrected chi connectivity index (χ3v) is 2.47. The first-order valence-corrected chi connectivity index (χ1v) is 4.86. The van der Waals surface area contributed by atoms with Crippen molar-refractivity contribution in [1.82, 2.24) is 4.98 Å². The normalized spacial score (nSPS) is 10.3. The Morgan fingerprint density at radius 3 is 2.47 bits per heavy atom. The maximum atomic E-state index is 13.0. The Balaban J connectivity index is 2.55. The number of aromatic nitrogens is 1. The number of nitrogens with zero attached hydrogens (tertiary/aromatic N) is 1. The van der Waals surface area contributed by atoms with E-state index in [0.717, 1.165) is 11.1 Å². The number of halogens is 1. The Bertz CT molecular complexity index is 492. The fraction of sp³-hybridized carbons (Fsp3) is 0.154. The molecular weight excluding hydrogens is 189 g/mol. The molecule has 0 saturated carbocycles. The summed E-state index contributed by atoms with van der Waals surface area (Å²) in [7, 11) is 0. The Labute approximate surface area is 88.6 Å². The second-order valence-electron chi connectivity index (χ2n) is 3.65. The van der Waals surface area contributed by atoms with Gasteiger partial charge in [-0.3, -0.25) is 0 Å². The Morgan fingerprint density at radius 1 is 1.07 bits per heavy atom. The van der Waals surface area contributed by atoms with E-state index in [9.17, 15) is 4.39 Å². The van der Waals surface area contributed by atoms with Crippen molar-refractivity contribution in [2.45, 2.75) is 13.8 Å². The Kier molecular flexibility index (Phi) is 2.50. The van der Waals surface area contributed by atoms with Crippen molar-refractivity contribution in [1.29, 1.82) is 0 Å². The van der Waals surface area contributed by atoms with Crippen LogP contribution in [0.15, 0.2) is 36.5 Å². The van der Waals surface area contributed by atoms with Crippen LogP contribution in [0.3, 0.4) is 0 Å². The molecule has 0 aliphatic rings. The van der Waals surface area contributed by atoms with Crippen molar-refractivity contribution in [2.24, 2.45) is 0 Å². The monoisotopic (exact) mass is 201 g/mol. The van der Waals surface area contributed by atoms with Crippen LogP contribution in [-0.2, 0) is 0 Å². The summed E-state index contributed by atoms with van der Waals surface area (Å²) in [4.78, 5) is 3.73. The molecule has 0 unspecified atom stereocenters. The molecule has 0 spiro atoms. The number of aryl methyl sites for hydroxylation is 2. The van der Waals surface area contributed by atoms with Crippen LogP contribution in [-0.4, -0.2) is 4.98 Å². The van der Waals surface area contributed by atoms with Crippen molar-refractivity contribution in [3.63, 3.8) is 0 Å². The summed E-state index contributed by atoms with van der Waals surface area (Å²) in [6.45, 7) is 3.76. The summed E-state index contributed by atoms with van der Waals surface area (Å²) >= 11 is 0. The smallest absolute Gasteiger partial charge is 0.215 e. The first kappa shape index (κ1) is 9.84. The van der Waals surface area contributed by atoms with Gasteiger partial charge in [-0.15, -0.1) is 0 Å². The summed E-state index contributed by atoms with van der Waals surface area (Å²) in [5.41, 5.74) is 3.82. The maximum Gasteiger partial charge on any atom is 0.215 e. The van der Waals surface area contributed by atoms with Gasteiger partial charge in [0.1, 0.15) is 0 Å². The maximum absolute atomic E-state index is 13.0. The van der Waals surface area contributed by atoms with E-state index in [0.29, 0.717) is 5.56 Å². The minimum atomic E-state index is -0.396.